The summed E-state index contributed by atoms with van der Waals surface area (Å²) in [7, 11) is 0. The second-order valence-corrected chi connectivity index (χ2v) is 6.52. The van der Waals surface area contributed by atoms with Crippen molar-refractivity contribution in [3.8, 4) is 0 Å². The fraction of sp³-hybridized carbons (Fsp3) is 0.625. The first-order valence-electron chi connectivity index (χ1n) is 7.40. The summed E-state index contributed by atoms with van der Waals surface area (Å²) in [5, 5.41) is 14.4. The molecule has 4 nitrogen and oxygen atoms in total. The number of benzene rings is 1. The van der Waals surface area contributed by atoms with Crippen molar-refractivity contribution in [2.45, 2.75) is 58.5 Å². The average Bonchev–Trinajstić information content (AvgIpc) is 2.41. The topological polar surface area (TPSA) is 55.2 Å². The molecule has 1 saturated carbocycles. The van der Waals surface area contributed by atoms with Gasteiger partial charge in [0.25, 0.3) is 5.69 Å². The summed E-state index contributed by atoms with van der Waals surface area (Å²) in [5.74, 6) is 0. The smallest absolute Gasteiger partial charge is 0.269 e. The van der Waals surface area contributed by atoms with E-state index in [9.17, 15) is 10.1 Å². The number of non-ortho nitro benzene ring substituents is 1. The maximum Gasteiger partial charge on any atom is 0.269 e. The van der Waals surface area contributed by atoms with Gasteiger partial charge in [-0.25, -0.2) is 0 Å². The summed E-state index contributed by atoms with van der Waals surface area (Å²) in [6.07, 6.45) is 5.08. The van der Waals surface area contributed by atoms with Crippen molar-refractivity contribution < 1.29 is 4.92 Å². The summed E-state index contributed by atoms with van der Waals surface area (Å²) in [5.41, 5.74) is 1.59. The Balaban J connectivity index is 2.03. The minimum atomic E-state index is -0.355. The van der Waals surface area contributed by atoms with Gasteiger partial charge in [0.2, 0.25) is 0 Å². The van der Waals surface area contributed by atoms with Gasteiger partial charge in [-0.15, -0.1) is 0 Å². The molecule has 1 aromatic carbocycles. The molecule has 0 aliphatic heterocycles. The Labute approximate surface area is 120 Å². The number of nitrogens with one attached hydrogen (secondary N) is 1. The Morgan fingerprint density at radius 2 is 1.95 bits per heavy atom. The van der Waals surface area contributed by atoms with E-state index in [-0.39, 0.29) is 16.7 Å². The van der Waals surface area contributed by atoms with Gasteiger partial charge in [-0.2, -0.15) is 0 Å². The molecule has 0 heterocycles. The van der Waals surface area contributed by atoms with Gasteiger partial charge < -0.3 is 5.32 Å². The number of nitro groups is 1. The SMILES string of the molecule is CC(NC1CCCCC1(C)C)c1ccc([N+](=O)[O-])cc1. The first-order valence-corrected chi connectivity index (χ1v) is 7.40. The van der Waals surface area contributed by atoms with Crippen LogP contribution in [0.4, 0.5) is 5.69 Å². The highest BCUT2D eigenvalue weighted by atomic mass is 16.6. The molecule has 0 amide bonds. The summed E-state index contributed by atoms with van der Waals surface area (Å²) in [6, 6.07) is 7.61. The Morgan fingerprint density at radius 3 is 2.50 bits per heavy atom. The van der Waals surface area contributed by atoms with E-state index in [0.29, 0.717) is 11.5 Å². The molecular formula is C16H24N2O2. The number of hydrogen-bond donors (Lipinski definition) is 1. The molecule has 0 saturated heterocycles. The Bertz CT molecular complexity index is 468. The van der Waals surface area contributed by atoms with Gasteiger partial charge in [-0.3, -0.25) is 10.1 Å². The highest BCUT2D eigenvalue weighted by Crippen LogP contribution is 2.36. The lowest BCUT2D eigenvalue weighted by atomic mass is 9.73. The molecule has 2 unspecified atom stereocenters. The standard InChI is InChI=1S/C16H24N2O2/c1-12(13-7-9-14(10-8-13)18(19)20)17-15-6-4-5-11-16(15,2)3/h7-10,12,15,17H,4-6,11H2,1-3H3. The van der Waals surface area contributed by atoms with Crippen molar-refractivity contribution in [3.05, 3.63) is 39.9 Å². The second kappa shape index (κ2) is 5.92. The first-order chi connectivity index (χ1) is 9.40. The Morgan fingerprint density at radius 1 is 1.30 bits per heavy atom. The molecule has 1 fully saturated rings. The van der Waals surface area contributed by atoms with Gasteiger partial charge in [-0.05, 0) is 30.7 Å². The number of nitrogens with zero attached hydrogens (tertiary/aromatic N) is 1. The predicted molar refractivity (Wildman–Crippen MR) is 80.7 cm³/mol. The van der Waals surface area contributed by atoms with Crippen LogP contribution in [0, 0.1) is 15.5 Å². The fourth-order valence-corrected chi connectivity index (χ4v) is 3.09. The minimum Gasteiger partial charge on any atom is -0.307 e. The van der Waals surface area contributed by atoms with Gasteiger partial charge in [0.05, 0.1) is 4.92 Å². The van der Waals surface area contributed by atoms with Gasteiger partial charge >= 0.3 is 0 Å². The van der Waals surface area contributed by atoms with Crippen LogP contribution in [0.5, 0.6) is 0 Å². The molecule has 0 spiro atoms. The van der Waals surface area contributed by atoms with E-state index in [0.717, 1.165) is 5.56 Å². The number of rotatable bonds is 4. The minimum absolute atomic E-state index is 0.152. The summed E-state index contributed by atoms with van der Waals surface area (Å²) in [6.45, 7) is 6.78. The largest absolute Gasteiger partial charge is 0.307 e. The van der Waals surface area contributed by atoms with Crippen molar-refractivity contribution in [3.63, 3.8) is 0 Å². The predicted octanol–water partition coefficient (Wildman–Crippen LogP) is 4.21. The van der Waals surface area contributed by atoms with E-state index in [1.165, 1.54) is 25.7 Å². The lowest BCUT2D eigenvalue weighted by Gasteiger charge is -2.40. The zero-order valence-electron chi connectivity index (χ0n) is 12.6. The monoisotopic (exact) mass is 276 g/mol. The van der Waals surface area contributed by atoms with E-state index in [1.54, 1.807) is 12.1 Å². The Kier molecular flexibility index (Phi) is 4.43. The normalized spacial score (nSPS) is 23.2. The summed E-state index contributed by atoms with van der Waals surface area (Å²) < 4.78 is 0. The van der Waals surface area contributed by atoms with Crippen LogP contribution in [0.3, 0.4) is 0 Å². The number of hydrogen-bond acceptors (Lipinski definition) is 3. The molecule has 0 radical (unpaired) electrons. The van der Waals surface area contributed by atoms with Crippen LogP contribution in [0.15, 0.2) is 24.3 Å². The highest BCUT2D eigenvalue weighted by Gasteiger charge is 2.32. The van der Waals surface area contributed by atoms with Crippen LogP contribution in [0.25, 0.3) is 0 Å². The zero-order valence-corrected chi connectivity index (χ0v) is 12.6. The second-order valence-electron chi connectivity index (χ2n) is 6.52. The molecule has 2 atom stereocenters. The van der Waals surface area contributed by atoms with E-state index in [1.807, 2.05) is 12.1 Å². The number of nitro benzene ring substituents is 1. The lowest BCUT2D eigenvalue weighted by Crippen LogP contribution is -2.45. The molecule has 1 N–H and O–H groups in total. The highest BCUT2D eigenvalue weighted by molar-refractivity contribution is 5.34. The summed E-state index contributed by atoms with van der Waals surface area (Å²) >= 11 is 0. The van der Waals surface area contributed by atoms with Crippen LogP contribution in [0.1, 0.15) is 58.1 Å². The third-order valence-corrected chi connectivity index (χ3v) is 4.56. The van der Waals surface area contributed by atoms with Gasteiger partial charge in [-0.1, -0.05) is 38.8 Å². The van der Waals surface area contributed by atoms with Gasteiger partial charge in [0, 0.05) is 24.2 Å². The van der Waals surface area contributed by atoms with E-state index in [2.05, 4.69) is 26.1 Å². The van der Waals surface area contributed by atoms with Gasteiger partial charge in [0.1, 0.15) is 0 Å². The third kappa shape index (κ3) is 3.37. The third-order valence-electron chi connectivity index (χ3n) is 4.56. The molecule has 20 heavy (non-hydrogen) atoms. The van der Waals surface area contributed by atoms with Crippen molar-refractivity contribution in [1.82, 2.24) is 5.32 Å². The molecular weight excluding hydrogens is 252 g/mol. The molecule has 1 aliphatic carbocycles. The van der Waals surface area contributed by atoms with Crippen LogP contribution >= 0.6 is 0 Å². The fourth-order valence-electron chi connectivity index (χ4n) is 3.09. The van der Waals surface area contributed by atoms with Crippen molar-refractivity contribution >= 4 is 5.69 Å². The molecule has 4 heteroatoms. The quantitative estimate of drug-likeness (QED) is 0.662. The van der Waals surface area contributed by atoms with E-state index in [4.69, 9.17) is 0 Å². The van der Waals surface area contributed by atoms with Crippen molar-refractivity contribution in [1.29, 1.82) is 0 Å². The van der Waals surface area contributed by atoms with E-state index < -0.39 is 0 Å². The molecule has 1 aromatic rings. The first kappa shape index (κ1) is 15.0. The molecule has 110 valence electrons. The molecule has 1 aliphatic rings. The zero-order chi connectivity index (χ0) is 14.8. The van der Waals surface area contributed by atoms with E-state index >= 15 is 0 Å². The van der Waals surface area contributed by atoms with Crippen molar-refractivity contribution in [2.75, 3.05) is 0 Å². The maximum atomic E-state index is 10.7. The molecule has 0 bridgehead atoms. The van der Waals surface area contributed by atoms with Crippen LogP contribution in [-0.4, -0.2) is 11.0 Å². The van der Waals surface area contributed by atoms with Crippen LogP contribution in [0.2, 0.25) is 0 Å². The summed E-state index contributed by atoms with van der Waals surface area (Å²) in [4.78, 5) is 10.3. The molecule has 2 rings (SSSR count). The van der Waals surface area contributed by atoms with Gasteiger partial charge in [0.15, 0.2) is 0 Å². The van der Waals surface area contributed by atoms with Crippen LogP contribution < -0.4 is 5.32 Å². The lowest BCUT2D eigenvalue weighted by molar-refractivity contribution is -0.384. The maximum absolute atomic E-state index is 10.7. The average molecular weight is 276 g/mol. The Hall–Kier alpha value is -1.42. The van der Waals surface area contributed by atoms with Crippen molar-refractivity contribution in [2.24, 2.45) is 5.41 Å². The molecule has 0 aromatic heterocycles. The van der Waals surface area contributed by atoms with Crippen LogP contribution in [-0.2, 0) is 0 Å².